The summed E-state index contributed by atoms with van der Waals surface area (Å²) in [6, 6.07) is 2.27. The van der Waals surface area contributed by atoms with Crippen LogP contribution in [0.15, 0.2) is 12.1 Å². The number of aromatic nitrogens is 3. The van der Waals surface area contributed by atoms with Gasteiger partial charge in [-0.1, -0.05) is 0 Å². The summed E-state index contributed by atoms with van der Waals surface area (Å²) in [4.78, 5) is 16.7. The minimum atomic E-state index is -4.56. The Labute approximate surface area is 160 Å². The Morgan fingerprint density at radius 2 is 1.79 bits per heavy atom. The average molecular weight is 392 g/mol. The summed E-state index contributed by atoms with van der Waals surface area (Å²) in [5, 5.41) is 6.87. The number of aryl methyl sites for hydroxylation is 1. The van der Waals surface area contributed by atoms with Gasteiger partial charge in [-0.15, -0.1) is 0 Å². The molecule has 4 saturated carbocycles. The van der Waals surface area contributed by atoms with E-state index in [4.69, 9.17) is 0 Å². The molecule has 28 heavy (non-hydrogen) atoms. The van der Waals surface area contributed by atoms with E-state index in [0.717, 1.165) is 43.1 Å². The second-order valence-electron chi connectivity index (χ2n) is 9.18. The smallest absolute Gasteiger partial charge is 0.350 e. The number of carbonyl (C=O) groups is 1. The summed E-state index contributed by atoms with van der Waals surface area (Å²) in [5.41, 5.74) is -0.508. The number of halogens is 3. The maximum Gasteiger partial charge on any atom is 0.433 e. The van der Waals surface area contributed by atoms with Crippen molar-refractivity contribution in [2.75, 3.05) is 6.54 Å². The molecule has 4 fully saturated rings. The molecule has 2 heterocycles. The minimum Gasteiger partial charge on any atom is -0.350 e. The van der Waals surface area contributed by atoms with E-state index >= 15 is 0 Å². The number of rotatable bonds is 3. The van der Waals surface area contributed by atoms with E-state index in [-0.39, 0.29) is 22.5 Å². The first kappa shape index (κ1) is 17.9. The fourth-order valence-corrected chi connectivity index (χ4v) is 6.28. The molecule has 0 aliphatic heterocycles. The molecule has 4 aliphatic rings. The zero-order valence-corrected chi connectivity index (χ0v) is 15.7. The van der Waals surface area contributed by atoms with Crippen molar-refractivity contribution < 1.29 is 18.0 Å². The highest BCUT2D eigenvalue weighted by molar-refractivity contribution is 5.93. The van der Waals surface area contributed by atoms with Crippen LogP contribution in [0.3, 0.4) is 0 Å². The van der Waals surface area contributed by atoms with Gasteiger partial charge in [0.1, 0.15) is 5.69 Å². The quantitative estimate of drug-likeness (QED) is 0.859. The van der Waals surface area contributed by atoms with Gasteiger partial charge in [-0.2, -0.15) is 18.3 Å². The number of amides is 1. The third-order valence-corrected chi connectivity index (χ3v) is 6.87. The summed E-state index contributed by atoms with van der Waals surface area (Å²) >= 11 is 0. The van der Waals surface area contributed by atoms with E-state index < -0.39 is 17.8 Å². The lowest BCUT2D eigenvalue weighted by molar-refractivity contribution is -0.142. The molecule has 0 unspecified atom stereocenters. The van der Waals surface area contributed by atoms with Crippen LogP contribution in [-0.4, -0.2) is 27.0 Å². The van der Waals surface area contributed by atoms with Crippen LogP contribution in [0.4, 0.5) is 13.2 Å². The fourth-order valence-electron chi connectivity index (χ4n) is 6.28. The van der Waals surface area contributed by atoms with Crippen LogP contribution in [0.1, 0.15) is 60.4 Å². The molecule has 150 valence electrons. The second-order valence-corrected chi connectivity index (χ2v) is 9.18. The Hall–Kier alpha value is -2.12. The number of hydrogen-bond donors (Lipinski definition) is 1. The van der Waals surface area contributed by atoms with Crippen molar-refractivity contribution in [3.8, 4) is 0 Å². The summed E-state index contributed by atoms with van der Waals surface area (Å²) in [5.74, 6) is 1.91. The molecule has 0 radical (unpaired) electrons. The number of alkyl halides is 3. The molecular formula is C20H23F3N4O. The van der Waals surface area contributed by atoms with Gasteiger partial charge in [-0.3, -0.25) is 4.79 Å². The molecule has 2 aromatic rings. The summed E-state index contributed by atoms with van der Waals surface area (Å²) in [7, 11) is 0. The van der Waals surface area contributed by atoms with Crippen molar-refractivity contribution in [3.05, 3.63) is 29.2 Å². The SMILES string of the molecule is Cc1cc(C(F)(F)F)n2nc(C(=O)NCC34CC5CC(CC(C5)C3)C4)cc2n1. The van der Waals surface area contributed by atoms with E-state index in [2.05, 4.69) is 15.4 Å². The Morgan fingerprint density at radius 1 is 1.18 bits per heavy atom. The van der Waals surface area contributed by atoms with Gasteiger partial charge < -0.3 is 5.32 Å². The van der Waals surface area contributed by atoms with Crippen LogP contribution >= 0.6 is 0 Å². The largest absolute Gasteiger partial charge is 0.433 e. The van der Waals surface area contributed by atoms with Crippen molar-refractivity contribution in [1.29, 1.82) is 0 Å². The normalized spacial score (nSPS) is 31.5. The van der Waals surface area contributed by atoms with Crippen molar-refractivity contribution in [3.63, 3.8) is 0 Å². The molecule has 0 spiro atoms. The molecule has 4 bridgehead atoms. The molecule has 5 nitrogen and oxygen atoms in total. The molecule has 6 rings (SSSR count). The summed E-state index contributed by atoms with van der Waals surface area (Å²) in [6.07, 6.45) is 2.88. The topological polar surface area (TPSA) is 59.3 Å². The Bertz CT molecular complexity index is 914. The van der Waals surface area contributed by atoms with Crippen LogP contribution in [0.2, 0.25) is 0 Å². The van der Waals surface area contributed by atoms with Gasteiger partial charge in [0.2, 0.25) is 0 Å². The van der Waals surface area contributed by atoms with Crippen LogP contribution in [-0.2, 0) is 6.18 Å². The third-order valence-electron chi connectivity index (χ3n) is 6.87. The first-order chi connectivity index (χ1) is 13.2. The van der Waals surface area contributed by atoms with Gasteiger partial charge in [0, 0.05) is 18.3 Å². The monoisotopic (exact) mass is 392 g/mol. The maximum atomic E-state index is 13.3. The lowest BCUT2D eigenvalue weighted by Gasteiger charge is -2.56. The fraction of sp³-hybridized carbons (Fsp3) is 0.650. The number of carbonyl (C=O) groups excluding carboxylic acids is 1. The molecule has 4 aliphatic carbocycles. The standard InChI is InChI=1S/C20H23F3N4O/c1-11-2-16(20(21,22)23)27-17(25-11)6-15(26-27)18(28)24-10-19-7-12-3-13(8-19)5-14(4-12)9-19/h2,6,12-14H,3-5,7-10H2,1H3,(H,24,28). The molecule has 0 aromatic carbocycles. The predicted molar refractivity (Wildman–Crippen MR) is 95.7 cm³/mol. The van der Waals surface area contributed by atoms with Gasteiger partial charge in [0.15, 0.2) is 11.3 Å². The zero-order chi connectivity index (χ0) is 19.7. The number of nitrogens with zero attached hydrogens (tertiary/aromatic N) is 3. The van der Waals surface area contributed by atoms with E-state index in [0.29, 0.717) is 11.1 Å². The Morgan fingerprint density at radius 3 is 2.36 bits per heavy atom. The molecule has 1 amide bonds. The lowest BCUT2D eigenvalue weighted by Crippen LogP contribution is -2.51. The van der Waals surface area contributed by atoms with Crippen molar-refractivity contribution >= 4 is 11.6 Å². The molecule has 2 aromatic heterocycles. The van der Waals surface area contributed by atoms with Crippen LogP contribution in [0.25, 0.3) is 5.65 Å². The highest BCUT2D eigenvalue weighted by Crippen LogP contribution is 2.59. The van der Waals surface area contributed by atoms with Crippen LogP contribution in [0, 0.1) is 30.1 Å². The molecular weight excluding hydrogens is 369 g/mol. The average Bonchev–Trinajstić information content (AvgIpc) is 3.00. The molecule has 0 atom stereocenters. The first-order valence-electron chi connectivity index (χ1n) is 9.94. The number of nitrogens with one attached hydrogen (secondary N) is 1. The lowest BCUT2D eigenvalue weighted by atomic mass is 9.49. The highest BCUT2D eigenvalue weighted by atomic mass is 19.4. The van der Waals surface area contributed by atoms with Crippen molar-refractivity contribution in [1.82, 2.24) is 19.9 Å². The molecule has 0 saturated heterocycles. The number of hydrogen-bond acceptors (Lipinski definition) is 3. The molecule has 8 heteroatoms. The van der Waals surface area contributed by atoms with E-state index in [1.165, 1.54) is 32.3 Å². The van der Waals surface area contributed by atoms with Gasteiger partial charge >= 0.3 is 6.18 Å². The first-order valence-corrected chi connectivity index (χ1v) is 9.94. The summed E-state index contributed by atoms with van der Waals surface area (Å²) in [6.45, 7) is 2.08. The van der Waals surface area contributed by atoms with Gasteiger partial charge in [-0.05, 0) is 74.7 Å². The van der Waals surface area contributed by atoms with E-state index in [9.17, 15) is 18.0 Å². The van der Waals surface area contributed by atoms with Crippen LogP contribution in [0.5, 0.6) is 0 Å². The third kappa shape index (κ3) is 2.97. The number of fused-ring (bicyclic) bond motifs is 1. The Kier molecular flexibility index (Phi) is 3.81. The van der Waals surface area contributed by atoms with E-state index in [1.54, 1.807) is 0 Å². The zero-order valence-electron chi connectivity index (χ0n) is 15.7. The van der Waals surface area contributed by atoms with Crippen molar-refractivity contribution in [2.45, 2.75) is 51.6 Å². The Balaban J connectivity index is 1.37. The van der Waals surface area contributed by atoms with Gasteiger partial charge in [-0.25, -0.2) is 9.50 Å². The van der Waals surface area contributed by atoms with E-state index in [1.807, 2.05) is 0 Å². The minimum absolute atomic E-state index is 0.0201. The highest BCUT2D eigenvalue weighted by Gasteiger charge is 2.50. The van der Waals surface area contributed by atoms with Crippen LogP contribution < -0.4 is 5.32 Å². The second kappa shape index (κ2) is 5.94. The maximum absolute atomic E-state index is 13.3. The van der Waals surface area contributed by atoms with Crippen molar-refractivity contribution in [2.24, 2.45) is 23.2 Å². The predicted octanol–water partition coefficient (Wildman–Crippen LogP) is 4.00. The molecule has 1 N–H and O–H groups in total. The van der Waals surface area contributed by atoms with Gasteiger partial charge in [0.05, 0.1) is 0 Å². The van der Waals surface area contributed by atoms with Gasteiger partial charge in [0.25, 0.3) is 5.91 Å². The summed E-state index contributed by atoms with van der Waals surface area (Å²) < 4.78 is 40.6.